The Labute approximate surface area is 304 Å². The van der Waals surface area contributed by atoms with Gasteiger partial charge in [0.15, 0.2) is 0 Å². The summed E-state index contributed by atoms with van der Waals surface area (Å²) in [4.78, 5) is 51.5. The van der Waals surface area contributed by atoms with Gasteiger partial charge in [-0.25, -0.2) is 9.78 Å². The number of Topliss-reactive ketones (excluding diaryl/α,β-unsaturated/α-hetero) is 1. The number of amides is 2. The molecule has 0 spiro atoms. The minimum Gasteiger partial charge on any atom is -0.444 e. The van der Waals surface area contributed by atoms with Crippen LogP contribution in [-0.2, 0) is 40.3 Å². The molecule has 50 heavy (non-hydrogen) atoms. The van der Waals surface area contributed by atoms with Crippen LogP contribution >= 0.6 is 22.7 Å². The van der Waals surface area contributed by atoms with E-state index in [1.54, 1.807) is 35.0 Å². The maximum atomic E-state index is 14.0. The van der Waals surface area contributed by atoms with Crippen LogP contribution < -0.4 is 5.32 Å². The zero-order valence-corrected chi connectivity index (χ0v) is 31.3. The zero-order valence-electron chi connectivity index (χ0n) is 29.7. The summed E-state index contributed by atoms with van der Waals surface area (Å²) in [6.07, 6.45) is 1.59. The molecule has 0 fully saturated rings. The molecular weight excluding hydrogens is 669 g/mol. The number of carbonyl (C=O) groups is 3. The summed E-state index contributed by atoms with van der Waals surface area (Å²) in [5, 5.41) is 17.6. The standard InChI is InChI=1S/C39H50N4O5S2/c1-26(2)33(20-37(46)43(5)22-31-24-49-38(41-31)27(3)4)35(44)18-30(16-28-12-8-6-9-13-28)19-36(45)34(17-29-14-10-7-11-15-29)42-39(47)48-23-32-21-40-25-50-32/h6-15,21,24-27,30,33-34,36,45H,16-20,22-23H2,1-5H3,(H,42,47)/t30-,33+,34+,36+/m1/s1. The SMILES string of the molecule is CC(C)c1nc(CN(C)C(=O)C[C@H](C(=O)C[C@@H](Cc2ccccc2)C[C@H](O)[C@H](Cc2ccccc2)NC(=O)OCc2cncs2)C(C)C)cs1. The number of ether oxygens (including phenoxy) is 1. The first-order valence-corrected chi connectivity index (χ1v) is 19.0. The largest absolute Gasteiger partial charge is 0.444 e. The highest BCUT2D eigenvalue weighted by atomic mass is 32.1. The number of thiazole rings is 2. The third-order valence-electron chi connectivity index (χ3n) is 8.83. The quantitative estimate of drug-likeness (QED) is 0.103. The fourth-order valence-electron chi connectivity index (χ4n) is 5.98. The molecule has 0 aliphatic heterocycles. The van der Waals surface area contributed by atoms with Crippen molar-refractivity contribution in [1.82, 2.24) is 20.2 Å². The molecule has 0 saturated heterocycles. The highest BCUT2D eigenvalue weighted by molar-refractivity contribution is 7.09. The molecule has 0 aliphatic rings. The molecule has 9 nitrogen and oxygen atoms in total. The van der Waals surface area contributed by atoms with Gasteiger partial charge < -0.3 is 20.1 Å². The van der Waals surface area contributed by atoms with Gasteiger partial charge in [-0.3, -0.25) is 14.6 Å². The number of rotatable bonds is 19. The number of aromatic nitrogens is 2. The van der Waals surface area contributed by atoms with E-state index >= 15 is 0 Å². The minimum atomic E-state index is -0.966. The van der Waals surface area contributed by atoms with Gasteiger partial charge in [-0.15, -0.1) is 22.7 Å². The Bertz CT molecular complexity index is 1610. The lowest BCUT2D eigenvalue weighted by Crippen LogP contribution is -2.46. The fourth-order valence-corrected chi connectivity index (χ4v) is 7.31. The smallest absolute Gasteiger partial charge is 0.407 e. The molecule has 2 amide bonds. The van der Waals surface area contributed by atoms with E-state index in [2.05, 4.69) is 29.1 Å². The Balaban J connectivity index is 1.46. The van der Waals surface area contributed by atoms with E-state index in [0.717, 1.165) is 26.7 Å². The molecule has 4 rings (SSSR count). The zero-order chi connectivity index (χ0) is 36.0. The summed E-state index contributed by atoms with van der Waals surface area (Å²) in [6, 6.07) is 18.9. The predicted octanol–water partition coefficient (Wildman–Crippen LogP) is 7.45. The van der Waals surface area contributed by atoms with Gasteiger partial charge in [-0.2, -0.15) is 0 Å². The third kappa shape index (κ3) is 12.4. The number of aliphatic hydroxyl groups is 1. The van der Waals surface area contributed by atoms with Crippen molar-refractivity contribution in [2.24, 2.45) is 17.8 Å². The molecule has 4 aromatic rings. The van der Waals surface area contributed by atoms with Gasteiger partial charge in [0.25, 0.3) is 0 Å². The summed E-state index contributed by atoms with van der Waals surface area (Å²) in [6.45, 7) is 8.63. The molecule has 2 aromatic carbocycles. The number of ketones is 1. The average molecular weight is 719 g/mol. The van der Waals surface area contributed by atoms with Crippen molar-refractivity contribution in [1.29, 1.82) is 0 Å². The molecule has 0 saturated carbocycles. The normalized spacial score (nSPS) is 13.8. The Hall–Kier alpha value is -3.93. The second kappa shape index (κ2) is 19.5. The number of aliphatic hydroxyl groups excluding tert-OH is 1. The highest BCUT2D eigenvalue weighted by Gasteiger charge is 2.31. The van der Waals surface area contributed by atoms with E-state index in [1.165, 1.54) is 11.3 Å². The van der Waals surface area contributed by atoms with Gasteiger partial charge in [0, 0.05) is 43.3 Å². The van der Waals surface area contributed by atoms with Crippen LogP contribution in [0.5, 0.6) is 0 Å². The molecule has 268 valence electrons. The minimum absolute atomic E-state index is 0.00201. The second-order valence-corrected chi connectivity index (χ2v) is 15.5. The van der Waals surface area contributed by atoms with Crippen molar-refractivity contribution < 1.29 is 24.2 Å². The summed E-state index contributed by atoms with van der Waals surface area (Å²) < 4.78 is 5.45. The fraction of sp³-hybridized carbons (Fsp3) is 0.462. The van der Waals surface area contributed by atoms with Crippen LogP contribution in [0.3, 0.4) is 0 Å². The molecule has 2 N–H and O–H groups in total. The number of hydrogen-bond acceptors (Lipinski definition) is 9. The molecule has 0 bridgehead atoms. The topological polar surface area (TPSA) is 122 Å². The Morgan fingerprint density at radius 3 is 2.16 bits per heavy atom. The number of alkyl carbamates (subject to hydrolysis) is 1. The van der Waals surface area contributed by atoms with Crippen LogP contribution in [0.2, 0.25) is 0 Å². The molecule has 0 aliphatic carbocycles. The van der Waals surface area contributed by atoms with Gasteiger partial charge in [0.05, 0.1) is 39.8 Å². The summed E-state index contributed by atoms with van der Waals surface area (Å²) in [5.74, 6) is -0.516. The van der Waals surface area contributed by atoms with Crippen molar-refractivity contribution in [3.05, 3.63) is 104 Å². The van der Waals surface area contributed by atoms with E-state index in [1.807, 2.05) is 79.9 Å². The van der Waals surface area contributed by atoms with Gasteiger partial charge in [-0.05, 0) is 42.2 Å². The molecule has 4 atom stereocenters. The van der Waals surface area contributed by atoms with Gasteiger partial charge in [0.2, 0.25) is 5.91 Å². The lowest BCUT2D eigenvalue weighted by molar-refractivity contribution is -0.136. The molecule has 11 heteroatoms. The van der Waals surface area contributed by atoms with Gasteiger partial charge in [-0.1, -0.05) is 88.4 Å². The maximum Gasteiger partial charge on any atom is 0.407 e. The van der Waals surface area contributed by atoms with Gasteiger partial charge >= 0.3 is 6.09 Å². The monoisotopic (exact) mass is 718 g/mol. The van der Waals surface area contributed by atoms with Crippen LogP contribution in [0.4, 0.5) is 4.79 Å². The van der Waals surface area contributed by atoms with Crippen LogP contribution in [-0.4, -0.2) is 57.0 Å². The summed E-state index contributed by atoms with van der Waals surface area (Å²) in [7, 11) is 1.76. The van der Waals surface area contributed by atoms with Crippen LogP contribution in [0.25, 0.3) is 0 Å². The van der Waals surface area contributed by atoms with Crippen LogP contribution in [0.15, 0.2) is 77.8 Å². The van der Waals surface area contributed by atoms with Crippen LogP contribution in [0.1, 0.15) is 79.6 Å². The van der Waals surface area contributed by atoms with Gasteiger partial charge in [0.1, 0.15) is 12.4 Å². The third-order valence-corrected chi connectivity index (χ3v) is 10.8. The number of nitrogens with one attached hydrogen (secondary N) is 1. The molecule has 0 unspecified atom stereocenters. The lowest BCUT2D eigenvalue weighted by Gasteiger charge is -2.29. The van der Waals surface area contributed by atoms with E-state index < -0.39 is 24.2 Å². The van der Waals surface area contributed by atoms with E-state index in [9.17, 15) is 19.5 Å². The summed E-state index contributed by atoms with van der Waals surface area (Å²) >= 11 is 2.99. The summed E-state index contributed by atoms with van der Waals surface area (Å²) in [5.41, 5.74) is 4.53. The molecule has 0 radical (unpaired) electrons. The number of carbonyl (C=O) groups excluding carboxylic acids is 3. The van der Waals surface area contributed by atoms with Crippen molar-refractivity contribution >= 4 is 40.5 Å². The molecular formula is C39H50N4O5S2. The Morgan fingerprint density at radius 2 is 1.58 bits per heavy atom. The number of nitrogens with zero attached hydrogens (tertiary/aromatic N) is 3. The first-order valence-electron chi connectivity index (χ1n) is 17.3. The van der Waals surface area contributed by atoms with Crippen LogP contribution in [0, 0.1) is 17.8 Å². The van der Waals surface area contributed by atoms with E-state index in [-0.39, 0.29) is 49.4 Å². The lowest BCUT2D eigenvalue weighted by atomic mass is 9.80. The maximum absolute atomic E-state index is 14.0. The Kier molecular flexibility index (Phi) is 15.1. The Morgan fingerprint density at radius 1 is 0.920 bits per heavy atom. The predicted molar refractivity (Wildman–Crippen MR) is 199 cm³/mol. The molecule has 2 heterocycles. The first-order chi connectivity index (χ1) is 24.0. The van der Waals surface area contributed by atoms with Crippen molar-refractivity contribution in [2.45, 2.75) is 91.0 Å². The average Bonchev–Trinajstić information content (AvgIpc) is 3.79. The van der Waals surface area contributed by atoms with Crippen molar-refractivity contribution in [3.8, 4) is 0 Å². The first kappa shape index (κ1) is 38.9. The van der Waals surface area contributed by atoms with Crippen molar-refractivity contribution in [2.75, 3.05) is 7.05 Å². The number of hydrogen-bond donors (Lipinski definition) is 2. The van der Waals surface area contributed by atoms with E-state index in [4.69, 9.17) is 4.74 Å². The highest BCUT2D eigenvalue weighted by Crippen LogP contribution is 2.27. The molecule has 2 aromatic heterocycles. The van der Waals surface area contributed by atoms with E-state index in [0.29, 0.717) is 25.3 Å². The second-order valence-electron chi connectivity index (χ2n) is 13.6. The number of benzene rings is 2. The van der Waals surface area contributed by atoms with Crippen molar-refractivity contribution in [3.63, 3.8) is 0 Å².